The first kappa shape index (κ1) is 11.1. The lowest BCUT2D eigenvalue weighted by Crippen LogP contribution is -2.29. The highest BCUT2D eigenvalue weighted by Crippen LogP contribution is 2.10. The molecule has 2 rings (SSSR count). The van der Waals surface area contributed by atoms with Gasteiger partial charge in [-0.05, 0) is 18.1 Å². The summed E-state index contributed by atoms with van der Waals surface area (Å²) < 4.78 is 5.27. The molecule has 4 heteroatoms. The lowest BCUT2D eigenvalue weighted by molar-refractivity contribution is 0.0999. The van der Waals surface area contributed by atoms with Crippen LogP contribution in [0.3, 0.4) is 0 Å². The van der Waals surface area contributed by atoms with Crippen LogP contribution in [0, 0.1) is 0 Å². The van der Waals surface area contributed by atoms with Crippen LogP contribution in [-0.4, -0.2) is 25.2 Å². The first-order chi connectivity index (χ1) is 7.77. The number of hydrogen-bond acceptors (Lipinski definition) is 3. The van der Waals surface area contributed by atoms with E-state index >= 15 is 0 Å². The van der Waals surface area contributed by atoms with Gasteiger partial charge in [0.15, 0.2) is 0 Å². The van der Waals surface area contributed by atoms with Crippen LogP contribution in [0.1, 0.15) is 22.3 Å². The molecule has 1 aliphatic rings. The molecule has 1 aromatic rings. The van der Waals surface area contributed by atoms with Crippen molar-refractivity contribution in [2.75, 3.05) is 13.2 Å². The Hall–Kier alpha value is -1.39. The van der Waals surface area contributed by atoms with Crippen molar-refractivity contribution in [1.82, 2.24) is 5.32 Å². The van der Waals surface area contributed by atoms with Gasteiger partial charge in [-0.3, -0.25) is 4.79 Å². The van der Waals surface area contributed by atoms with E-state index in [1.807, 2.05) is 18.2 Å². The SMILES string of the molecule is NC(=O)c1ccccc1CNC1CCOC1. The Morgan fingerprint density at radius 1 is 1.50 bits per heavy atom. The predicted octanol–water partition coefficient (Wildman–Crippen LogP) is 0.664. The van der Waals surface area contributed by atoms with Crippen LogP contribution >= 0.6 is 0 Å². The molecule has 0 radical (unpaired) electrons. The van der Waals surface area contributed by atoms with Crippen LogP contribution in [0.4, 0.5) is 0 Å². The quantitative estimate of drug-likeness (QED) is 0.783. The Kier molecular flexibility index (Phi) is 3.54. The van der Waals surface area contributed by atoms with Gasteiger partial charge in [0.1, 0.15) is 0 Å². The Bertz CT molecular complexity index is 373. The molecule has 1 amide bonds. The van der Waals surface area contributed by atoms with Gasteiger partial charge in [0.2, 0.25) is 5.91 Å². The first-order valence-electron chi connectivity index (χ1n) is 5.46. The van der Waals surface area contributed by atoms with E-state index in [9.17, 15) is 4.79 Å². The number of benzene rings is 1. The second-order valence-electron chi connectivity index (χ2n) is 3.96. The average molecular weight is 220 g/mol. The van der Waals surface area contributed by atoms with Crippen molar-refractivity contribution in [3.05, 3.63) is 35.4 Å². The average Bonchev–Trinajstić information content (AvgIpc) is 2.79. The van der Waals surface area contributed by atoms with E-state index in [-0.39, 0.29) is 5.91 Å². The van der Waals surface area contributed by atoms with E-state index < -0.39 is 0 Å². The second kappa shape index (κ2) is 5.09. The molecule has 3 N–H and O–H groups in total. The highest BCUT2D eigenvalue weighted by atomic mass is 16.5. The maximum absolute atomic E-state index is 11.2. The number of carbonyl (C=O) groups is 1. The van der Waals surface area contributed by atoms with E-state index in [1.54, 1.807) is 6.07 Å². The van der Waals surface area contributed by atoms with E-state index in [4.69, 9.17) is 10.5 Å². The number of amides is 1. The Morgan fingerprint density at radius 2 is 2.31 bits per heavy atom. The molecule has 1 aliphatic heterocycles. The first-order valence-corrected chi connectivity index (χ1v) is 5.46. The molecule has 16 heavy (non-hydrogen) atoms. The minimum atomic E-state index is -0.375. The largest absolute Gasteiger partial charge is 0.380 e. The van der Waals surface area contributed by atoms with Gasteiger partial charge in [0.05, 0.1) is 6.61 Å². The summed E-state index contributed by atoms with van der Waals surface area (Å²) in [5.41, 5.74) is 6.84. The molecular weight excluding hydrogens is 204 g/mol. The van der Waals surface area contributed by atoms with Crippen molar-refractivity contribution in [2.24, 2.45) is 5.73 Å². The zero-order valence-electron chi connectivity index (χ0n) is 9.11. The molecule has 0 spiro atoms. The van der Waals surface area contributed by atoms with Crippen LogP contribution in [0.5, 0.6) is 0 Å². The summed E-state index contributed by atoms with van der Waals surface area (Å²) in [4.78, 5) is 11.2. The van der Waals surface area contributed by atoms with Crippen molar-refractivity contribution >= 4 is 5.91 Å². The second-order valence-corrected chi connectivity index (χ2v) is 3.96. The molecule has 0 bridgehead atoms. The van der Waals surface area contributed by atoms with Gasteiger partial charge in [-0.25, -0.2) is 0 Å². The van der Waals surface area contributed by atoms with Crippen LogP contribution in [0.25, 0.3) is 0 Å². The maximum Gasteiger partial charge on any atom is 0.249 e. The lowest BCUT2D eigenvalue weighted by Gasteiger charge is -2.12. The number of primary amides is 1. The van der Waals surface area contributed by atoms with Gasteiger partial charge in [-0.2, -0.15) is 0 Å². The van der Waals surface area contributed by atoms with Crippen LogP contribution in [0.15, 0.2) is 24.3 Å². The summed E-state index contributed by atoms with van der Waals surface area (Å²) in [6, 6.07) is 7.80. The summed E-state index contributed by atoms with van der Waals surface area (Å²) >= 11 is 0. The molecule has 0 aromatic heterocycles. The Morgan fingerprint density at radius 3 is 3.00 bits per heavy atom. The molecule has 0 saturated carbocycles. The number of ether oxygens (including phenoxy) is 1. The van der Waals surface area contributed by atoms with Crippen molar-refractivity contribution in [2.45, 2.75) is 19.0 Å². The van der Waals surface area contributed by atoms with E-state index in [1.165, 1.54) is 0 Å². The topological polar surface area (TPSA) is 64.4 Å². The normalized spacial score (nSPS) is 19.9. The zero-order valence-corrected chi connectivity index (χ0v) is 9.11. The Labute approximate surface area is 94.8 Å². The smallest absolute Gasteiger partial charge is 0.249 e. The van der Waals surface area contributed by atoms with Crippen LogP contribution in [-0.2, 0) is 11.3 Å². The summed E-state index contributed by atoms with van der Waals surface area (Å²) in [6.45, 7) is 2.22. The highest BCUT2D eigenvalue weighted by Gasteiger charge is 2.15. The molecule has 4 nitrogen and oxygen atoms in total. The molecule has 0 aliphatic carbocycles. The van der Waals surface area contributed by atoms with Gasteiger partial charge in [0, 0.05) is 24.8 Å². The number of nitrogens with one attached hydrogen (secondary N) is 1. The summed E-state index contributed by atoms with van der Waals surface area (Å²) in [7, 11) is 0. The molecule has 1 fully saturated rings. The molecule has 1 heterocycles. The minimum Gasteiger partial charge on any atom is -0.380 e. The van der Waals surface area contributed by atoms with Crippen LogP contribution < -0.4 is 11.1 Å². The Balaban J connectivity index is 2.00. The molecule has 1 unspecified atom stereocenters. The lowest BCUT2D eigenvalue weighted by atomic mass is 10.1. The van der Waals surface area contributed by atoms with E-state index in [0.29, 0.717) is 18.2 Å². The van der Waals surface area contributed by atoms with Crippen molar-refractivity contribution < 1.29 is 9.53 Å². The molecular formula is C12H16N2O2. The van der Waals surface area contributed by atoms with Gasteiger partial charge < -0.3 is 15.8 Å². The maximum atomic E-state index is 11.2. The summed E-state index contributed by atoms with van der Waals surface area (Å²) in [5.74, 6) is -0.375. The van der Waals surface area contributed by atoms with Gasteiger partial charge in [-0.1, -0.05) is 18.2 Å². The number of carbonyl (C=O) groups excluding carboxylic acids is 1. The monoisotopic (exact) mass is 220 g/mol. The third-order valence-electron chi connectivity index (χ3n) is 2.79. The third-order valence-corrected chi connectivity index (χ3v) is 2.79. The van der Waals surface area contributed by atoms with Crippen molar-refractivity contribution in [3.63, 3.8) is 0 Å². The standard InChI is InChI=1S/C12H16N2O2/c13-12(15)11-4-2-1-3-9(11)7-14-10-5-6-16-8-10/h1-4,10,14H,5-8H2,(H2,13,15). The summed E-state index contributed by atoms with van der Waals surface area (Å²) in [5, 5.41) is 3.36. The number of rotatable bonds is 4. The fraction of sp³-hybridized carbons (Fsp3) is 0.417. The van der Waals surface area contributed by atoms with E-state index in [0.717, 1.165) is 25.2 Å². The fourth-order valence-corrected chi connectivity index (χ4v) is 1.86. The van der Waals surface area contributed by atoms with Crippen LogP contribution in [0.2, 0.25) is 0 Å². The highest BCUT2D eigenvalue weighted by molar-refractivity contribution is 5.94. The van der Waals surface area contributed by atoms with Gasteiger partial charge >= 0.3 is 0 Å². The third kappa shape index (κ3) is 2.59. The molecule has 86 valence electrons. The molecule has 1 aromatic carbocycles. The summed E-state index contributed by atoms with van der Waals surface area (Å²) in [6.07, 6.45) is 1.03. The predicted molar refractivity (Wildman–Crippen MR) is 61.0 cm³/mol. The van der Waals surface area contributed by atoms with Gasteiger partial charge in [0.25, 0.3) is 0 Å². The zero-order chi connectivity index (χ0) is 11.4. The minimum absolute atomic E-state index is 0.375. The van der Waals surface area contributed by atoms with Crippen molar-refractivity contribution in [3.8, 4) is 0 Å². The van der Waals surface area contributed by atoms with E-state index in [2.05, 4.69) is 5.32 Å². The number of hydrogen-bond donors (Lipinski definition) is 2. The van der Waals surface area contributed by atoms with Gasteiger partial charge in [-0.15, -0.1) is 0 Å². The number of nitrogens with two attached hydrogens (primary N) is 1. The molecule has 1 saturated heterocycles. The van der Waals surface area contributed by atoms with Crippen molar-refractivity contribution in [1.29, 1.82) is 0 Å². The fourth-order valence-electron chi connectivity index (χ4n) is 1.86. The molecule has 1 atom stereocenters.